The molecule has 0 fully saturated rings. The Morgan fingerprint density at radius 2 is 1.80 bits per heavy atom. The van der Waals surface area contributed by atoms with Crippen molar-refractivity contribution >= 4 is 17.6 Å². The lowest BCUT2D eigenvalue weighted by atomic mass is 10.1. The first-order valence-corrected chi connectivity index (χ1v) is 8.16. The first kappa shape index (κ1) is 18.5. The number of benzene rings is 2. The number of nitrogens with one attached hydrogen (secondary N) is 1. The van der Waals surface area contributed by atoms with Crippen LogP contribution in [-0.4, -0.2) is 25.1 Å². The molecule has 25 heavy (non-hydrogen) atoms. The number of hydrogen-bond acceptors (Lipinski definition) is 4. The average Bonchev–Trinajstić information content (AvgIpc) is 2.56. The van der Waals surface area contributed by atoms with E-state index in [0.717, 1.165) is 16.7 Å². The highest BCUT2D eigenvalue weighted by Crippen LogP contribution is 2.14. The molecular formula is C20H23NO4. The molecule has 0 aliphatic rings. The summed E-state index contributed by atoms with van der Waals surface area (Å²) in [4.78, 5) is 23.5. The molecule has 0 radical (unpaired) electrons. The van der Waals surface area contributed by atoms with Gasteiger partial charge in [0.15, 0.2) is 6.61 Å². The minimum Gasteiger partial charge on any atom is -0.493 e. The molecule has 0 heterocycles. The van der Waals surface area contributed by atoms with Crippen LogP contribution in [0.4, 0.5) is 5.69 Å². The van der Waals surface area contributed by atoms with Crippen molar-refractivity contribution in [2.75, 3.05) is 18.5 Å². The highest BCUT2D eigenvalue weighted by atomic mass is 16.5. The summed E-state index contributed by atoms with van der Waals surface area (Å²) in [6.45, 7) is 5.84. The van der Waals surface area contributed by atoms with Crippen LogP contribution in [0.3, 0.4) is 0 Å². The Hall–Kier alpha value is -2.82. The summed E-state index contributed by atoms with van der Waals surface area (Å²) >= 11 is 0. The lowest BCUT2D eigenvalue weighted by Crippen LogP contribution is -2.21. The van der Waals surface area contributed by atoms with Gasteiger partial charge in [0.25, 0.3) is 5.91 Å². The van der Waals surface area contributed by atoms with Crippen molar-refractivity contribution in [2.24, 2.45) is 0 Å². The number of anilines is 1. The molecule has 1 amide bonds. The maximum atomic E-state index is 11.8. The minimum absolute atomic E-state index is 0.0882. The van der Waals surface area contributed by atoms with E-state index in [0.29, 0.717) is 11.4 Å². The maximum Gasteiger partial charge on any atom is 0.309 e. The average molecular weight is 341 g/mol. The number of ether oxygens (including phenoxy) is 2. The van der Waals surface area contributed by atoms with Crippen molar-refractivity contribution in [1.29, 1.82) is 0 Å². The SMILES string of the molecule is Cc1cccc(OCCC(=O)OCC(=O)Nc2ccc(C)c(C)c2)c1. The van der Waals surface area contributed by atoms with Gasteiger partial charge in [-0.1, -0.05) is 18.2 Å². The molecule has 0 aromatic heterocycles. The van der Waals surface area contributed by atoms with Gasteiger partial charge in [0.2, 0.25) is 0 Å². The van der Waals surface area contributed by atoms with Crippen LogP contribution in [0.5, 0.6) is 5.75 Å². The molecule has 0 saturated heterocycles. The van der Waals surface area contributed by atoms with E-state index in [-0.39, 0.29) is 25.5 Å². The van der Waals surface area contributed by atoms with Gasteiger partial charge in [0.05, 0.1) is 13.0 Å². The van der Waals surface area contributed by atoms with Crippen molar-refractivity contribution in [3.05, 3.63) is 59.2 Å². The zero-order valence-electron chi connectivity index (χ0n) is 14.8. The Kier molecular flexibility index (Phi) is 6.57. The van der Waals surface area contributed by atoms with Gasteiger partial charge in [-0.3, -0.25) is 9.59 Å². The van der Waals surface area contributed by atoms with Gasteiger partial charge in [-0.25, -0.2) is 0 Å². The lowest BCUT2D eigenvalue weighted by molar-refractivity contribution is -0.147. The number of amides is 1. The van der Waals surface area contributed by atoms with E-state index in [1.54, 1.807) is 0 Å². The molecule has 0 saturated carbocycles. The second-order valence-electron chi connectivity index (χ2n) is 5.92. The van der Waals surface area contributed by atoms with Crippen LogP contribution in [0.15, 0.2) is 42.5 Å². The summed E-state index contributed by atoms with van der Waals surface area (Å²) in [7, 11) is 0. The Labute approximate surface area is 148 Å². The predicted molar refractivity (Wildman–Crippen MR) is 96.8 cm³/mol. The van der Waals surface area contributed by atoms with Crippen molar-refractivity contribution in [2.45, 2.75) is 27.2 Å². The van der Waals surface area contributed by atoms with Crippen LogP contribution >= 0.6 is 0 Å². The fourth-order valence-electron chi connectivity index (χ4n) is 2.19. The highest BCUT2D eigenvalue weighted by Gasteiger charge is 2.09. The Bertz CT molecular complexity index is 755. The molecule has 0 aliphatic heterocycles. The number of rotatable bonds is 7. The van der Waals surface area contributed by atoms with Gasteiger partial charge in [-0.15, -0.1) is 0 Å². The predicted octanol–water partition coefficient (Wildman–Crippen LogP) is 3.56. The number of esters is 1. The zero-order valence-corrected chi connectivity index (χ0v) is 14.8. The fourth-order valence-corrected chi connectivity index (χ4v) is 2.19. The Morgan fingerprint density at radius 1 is 1.00 bits per heavy atom. The van der Waals surface area contributed by atoms with Crippen molar-refractivity contribution in [1.82, 2.24) is 0 Å². The molecule has 2 aromatic carbocycles. The van der Waals surface area contributed by atoms with Crippen LogP contribution in [0.1, 0.15) is 23.1 Å². The van der Waals surface area contributed by atoms with E-state index in [1.165, 1.54) is 0 Å². The number of hydrogen-bond donors (Lipinski definition) is 1. The summed E-state index contributed by atoms with van der Waals surface area (Å²) in [6.07, 6.45) is 0.0882. The molecule has 0 aliphatic carbocycles. The number of carbonyl (C=O) groups excluding carboxylic acids is 2. The van der Waals surface area contributed by atoms with E-state index in [4.69, 9.17) is 9.47 Å². The molecule has 1 N–H and O–H groups in total. The van der Waals surface area contributed by atoms with E-state index in [9.17, 15) is 9.59 Å². The van der Waals surface area contributed by atoms with Crippen LogP contribution < -0.4 is 10.1 Å². The standard InChI is InChI=1S/C20H23NO4/c1-14-5-4-6-18(11-14)24-10-9-20(23)25-13-19(22)21-17-8-7-15(2)16(3)12-17/h4-8,11-12H,9-10,13H2,1-3H3,(H,21,22). The van der Waals surface area contributed by atoms with Gasteiger partial charge in [-0.2, -0.15) is 0 Å². The molecule has 2 aromatic rings. The smallest absolute Gasteiger partial charge is 0.309 e. The van der Waals surface area contributed by atoms with Crippen LogP contribution in [0.2, 0.25) is 0 Å². The van der Waals surface area contributed by atoms with Crippen molar-refractivity contribution in [3.8, 4) is 5.75 Å². The molecule has 5 heteroatoms. The summed E-state index contributed by atoms with van der Waals surface area (Å²) in [5.74, 6) is -0.126. The highest BCUT2D eigenvalue weighted by molar-refractivity contribution is 5.92. The molecule has 132 valence electrons. The summed E-state index contributed by atoms with van der Waals surface area (Å²) in [6, 6.07) is 13.2. The zero-order chi connectivity index (χ0) is 18.2. The normalized spacial score (nSPS) is 10.2. The third-order valence-electron chi connectivity index (χ3n) is 3.72. The molecule has 5 nitrogen and oxygen atoms in total. The lowest BCUT2D eigenvalue weighted by Gasteiger charge is -2.09. The summed E-state index contributed by atoms with van der Waals surface area (Å²) in [5, 5.41) is 2.71. The third kappa shape index (κ3) is 6.30. The van der Waals surface area contributed by atoms with E-state index in [1.807, 2.05) is 63.2 Å². The van der Waals surface area contributed by atoms with E-state index in [2.05, 4.69) is 5.32 Å². The number of aryl methyl sites for hydroxylation is 3. The fraction of sp³-hybridized carbons (Fsp3) is 0.300. The Balaban J connectivity index is 1.68. The second kappa shape index (κ2) is 8.87. The molecule has 0 spiro atoms. The van der Waals surface area contributed by atoms with Gasteiger partial charge < -0.3 is 14.8 Å². The van der Waals surface area contributed by atoms with Gasteiger partial charge in [-0.05, 0) is 61.7 Å². The van der Waals surface area contributed by atoms with E-state index < -0.39 is 5.97 Å². The van der Waals surface area contributed by atoms with Gasteiger partial charge >= 0.3 is 5.97 Å². The topological polar surface area (TPSA) is 64.6 Å². The number of carbonyl (C=O) groups is 2. The molecule has 0 bridgehead atoms. The van der Waals surface area contributed by atoms with Crippen LogP contribution in [0, 0.1) is 20.8 Å². The molecule has 0 atom stereocenters. The second-order valence-corrected chi connectivity index (χ2v) is 5.92. The van der Waals surface area contributed by atoms with Crippen molar-refractivity contribution in [3.63, 3.8) is 0 Å². The molecular weight excluding hydrogens is 318 g/mol. The largest absolute Gasteiger partial charge is 0.493 e. The van der Waals surface area contributed by atoms with Crippen LogP contribution in [-0.2, 0) is 14.3 Å². The first-order chi connectivity index (χ1) is 11.9. The van der Waals surface area contributed by atoms with Crippen LogP contribution in [0.25, 0.3) is 0 Å². The maximum absolute atomic E-state index is 11.8. The van der Waals surface area contributed by atoms with Gasteiger partial charge in [0.1, 0.15) is 5.75 Å². The quantitative estimate of drug-likeness (QED) is 0.782. The summed E-state index contributed by atoms with van der Waals surface area (Å²) < 4.78 is 10.4. The Morgan fingerprint density at radius 3 is 2.52 bits per heavy atom. The third-order valence-corrected chi connectivity index (χ3v) is 3.72. The minimum atomic E-state index is -0.470. The van der Waals surface area contributed by atoms with Crippen molar-refractivity contribution < 1.29 is 19.1 Å². The monoisotopic (exact) mass is 341 g/mol. The summed E-state index contributed by atoms with van der Waals surface area (Å²) in [5.41, 5.74) is 4.01. The van der Waals surface area contributed by atoms with E-state index >= 15 is 0 Å². The first-order valence-electron chi connectivity index (χ1n) is 8.16. The molecule has 0 unspecified atom stereocenters. The molecule has 2 rings (SSSR count). The van der Waals surface area contributed by atoms with Gasteiger partial charge in [0, 0.05) is 5.69 Å².